The summed E-state index contributed by atoms with van der Waals surface area (Å²) in [7, 11) is 0. The van der Waals surface area contributed by atoms with Gasteiger partial charge in [-0.2, -0.15) is 10.5 Å². The number of anilines is 6. The fourth-order valence-electron chi connectivity index (χ4n) is 7.53. The third-order valence-electron chi connectivity index (χ3n) is 9.51. The van der Waals surface area contributed by atoms with Crippen LogP contribution in [-0.4, -0.2) is 6.71 Å². The predicted octanol–water partition coefficient (Wildman–Crippen LogP) is 7.56. The molecule has 4 nitrogen and oxygen atoms in total. The first-order chi connectivity index (χ1) is 21.2. The van der Waals surface area contributed by atoms with E-state index in [0.29, 0.717) is 17.0 Å². The topological polar surface area (TPSA) is 54.1 Å². The van der Waals surface area contributed by atoms with Gasteiger partial charge in [-0.05, 0) is 114 Å². The molecule has 0 spiro atoms. The van der Waals surface area contributed by atoms with Crippen LogP contribution in [0.3, 0.4) is 0 Å². The van der Waals surface area contributed by atoms with Gasteiger partial charge in [0.15, 0.2) is 0 Å². The van der Waals surface area contributed by atoms with E-state index in [-0.39, 0.29) is 6.71 Å². The Bertz CT molecular complexity index is 1940. The molecule has 0 amide bonds. The van der Waals surface area contributed by atoms with Crippen molar-refractivity contribution in [2.75, 3.05) is 9.80 Å². The summed E-state index contributed by atoms with van der Waals surface area (Å²) >= 11 is 0. The zero-order valence-corrected chi connectivity index (χ0v) is 23.9. The Labute approximate surface area is 253 Å². The first kappa shape index (κ1) is 25.5. The lowest BCUT2D eigenvalue weighted by atomic mass is 9.33. The highest BCUT2D eigenvalue weighted by molar-refractivity contribution is 7.00. The zero-order chi connectivity index (χ0) is 28.9. The van der Waals surface area contributed by atoms with E-state index in [1.807, 2.05) is 30.3 Å². The predicted molar refractivity (Wildman–Crippen MR) is 176 cm³/mol. The molecule has 2 aliphatic heterocycles. The average Bonchev–Trinajstić information content (AvgIpc) is 3.08. The molecule has 0 atom stereocenters. The first-order valence-corrected chi connectivity index (χ1v) is 15.2. The number of rotatable bonds is 3. The summed E-state index contributed by atoms with van der Waals surface area (Å²) in [6, 6.07) is 43.0. The molecule has 2 heterocycles. The van der Waals surface area contributed by atoms with Crippen molar-refractivity contribution in [3.63, 3.8) is 0 Å². The Kier molecular flexibility index (Phi) is 6.06. The summed E-state index contributed by atoms with van der Waals surface area (Å²) < 4.78 is 0. The van der Waals surface area contributed by atoms with Gasteiger partial charge in [-0.15, -0.1) is 0 Å². The highest BCUT2D eigenvalue weighted by Gasteiger charge is 2.43. The molecule has 0 N–H and O–H groups in total. The summed E-state index contributed by atoms with van der Waals surface area (Å²) in [5.41, 5.74) is 12.9. The number of fused-ring (bicyclic) bond motifs is 4. The number of nitriles is 2. The van der Waals surface area contributed by atoms with Gasteiger partial charge >= 0.3 is 0 Å². The van der Waals surface area contributed by atoms with Crippen LogP contribution in [0.2, 0.25) is 0 Å². The van der Waals surface area contributed by atoms with Crippen LogP contribution in [0.25, 0.3) is 0 Å². The molecule has 1 saturated carbocycles. The van der Waals surface area contributed by atoms with E-state index in [2.05, 4.69) is 101 Å². The lowest BCUT2D eigenvalue weighted by Gasteiger charge is -2.44. The highest BCUT2D eigenvalue weighted by Crippen LogP contribution is 2.44. The molecule has 43 heavy (non-hydrogen) atoms. The van der Waals surface area contributed by atoms with Gasteiger partial charge in [0.1, 0.15) is 0 Å². The molecule has 5 aromatic carbocycles. The van der Waals surface area contributed by atoms with E-state index in [1.165, 1.54) is 54.3 Å². The lowest BCUT2D eigenvalue weighted by molar-refractivity contribution is 0.443. The molecule has 0 unspecified atom stereocenters. The molecule has 5 aromatic rings. The molecular formula is C38H29BN4. The van der Waals surface area contributed by atoms with Crippen LogP contribution >= 0.6 is 0 Å². The van der Waals surface area contributed by atoms with Gasteiger partial charge < -0.3 is 9.80 Å². The van der Waals surface area contributed by atoms with Crippen molar-refractivity contribution in [3.8, 4) is 12.1 Å². The van der Waals surface area contributed by atoms with Gasteiger partial charge in [0.2, 0.25) is 0 Å². The SMILES string of the molecule is N#Cc1ccc(N2c3ccc(C#N)cc3B3c4ccccc4N(c4ccc(C5CCCCC5)cc4)c4cccc2c43)cc1. The molecule has 8 rings (SSSR count). The number of nitrogens with zero attached hydrogens (tertiary/aromatic N) is 4. The van der Waals surface area contributed by atoms with Crippen LogP contribution in [0.4, 0.5) is 34.1 Å². The van der Waals surface area contributed by atoms with Gasteiger partial charge in [0, 0.05) is 34.1 Å². The number of para-hydroxylation sites is 1. The van der Waals surface area contributed by atoms with Crippen LogP contribution in [0, 0.1) is 22.7 Å². The van der Waals surface area contributed by atoms with E-state index < -0.39 is 0 Å². The minimum atomic E-state index is -0.0157. The quantitative estimate of drug-likeness (QED) is 0.212. The summed E-state index contributed by atoms with van der Waals surface area (Å²) in [4.78, 5) is 4.69. The smallest absolute Gasteiger partial charge is 0.252 e. The first-order valence-electron chi connectivity index (χ1n) is 15.2. The molecule has 5 heteroatoms. The minimum absolute atomic E-state index is 0.0157. The molecule has 3 aliphatic rings. The van der Waals surface area contributed by atoms with Crippen molar-refractivity contribution in [2.24, 2.45) is 0 Å². The molecular weight excluding hydrogens is 523 g/mol. The molecule has 0 radical (unpaired) electrons. The maximum atomic E-state index is 9.90. The van der Waals surface area contributed by atoms with E-state index in [4.69, 9.17) is 0 Å². The Balaban J connectivity index is 1.34. The van der Waals surface area contributed by atoms with Crippen LogP contribution in [0.1, 0.15) is 54.7 Å². The highest BCUT2D eigenvalue weighted by atomic mass is 15.2. The number of hydrogen-bond donors (Lipinski definition) is 0. The lowest BCUT2D eigenvalue weighted by Crippen LogP contribution is -2.61. The Morgan fingerprint density at radius 1 is 0.558 bits per heavy atom. The summed E-state index contributed by atoms with van der Waals surface area (Å²) in [5.74, 6) is 0.664. The van der Waals surface area contributed by atoms with Crippen LogP contribution < -0.4 is 26.2 Å². The fourth-order valence-corrected chi connectivity index (χ4v) is 7.53. The van der Waals surface area contributed by atoms with E-state index >= 15 is 0 Å². The van der Waals surface area contributed by atoms with Crippen LogP contribution in [-0.2, 0) is 0 Å². The molecule has 0 saturated heterocycles. The molecule has 0 aromatic heterocycles. The molecule has 204 valence electrons. The van der Waals surface area contributed by atoms with Crippen molar-refractivity contribution in [1.29, 1.82) is 10.5 Å². The summed E-state index contributed by atoms with van der Waals surface area (Å²) in [5, 5.41) is 19.3. The summed E-state index contributed by atoms with van der Waals surface area (Å²) in [6.07, 6.45) is 6.59. The third kappa shape index (κ3) is 4.04. The maximum Gasteiger partial charge on any atom is 0.252 e. The Morgan fingerprint density at radius 3 is 1.81 bits per heavy atom. The summed E-state index contributed by atoms with van der Waals surface area (Å²) in [6.45, 7) is -0.0157. The largest absolute Gasteiger partial charge is 0.311 e. The second-order valence-electron chi connectivity index (χ2n) is 11.8. The standard InChI is InChI=1S/C38H29BN4/c40-24-26-13-18-30(19-14-26)43-35-22-15-27(25-41)23-33(35)39-32-9-4-5-10-34(32)42(36-11-6-12-37(43)38(36)39)31-20-16-29(17-21-31)28-7-2-1-3-8-28/h4-6,9-23,28H,1-3,7-8H2. The molecule has 1 aliphatic carbocycles. The minimum Gasteiger partial charge on any atom is -0.311 e. The van der Waals surface area contributed by atoms with Crippen LogP contribution in [0.15, 0.2) is 109 Å². The second-order valence-corrected chi connectivity index (χ2v) is 11.8. The number of benzene rings is 5. The zero-order valence-electron chi connectivity index (χ0n) is 23.9. The maximum absolute atomic E-state index is 9.90. The third-order valence-corrected chi connectivity index (χ3v) is 9.51. The number of hydrogen-bond acceptors (Lipinski definition) is 4. The normalized spacial score (nSPS) is 15.2. The Hall–Kier alpha value is -5.26. The Morgan fingerprint density at radius 2 is 1.14 bits per heavy atom. The van der Waals surface area contributed by atoms with Gasteiger partial charge in [-0.25, -0.2) is 0 Å². The van der Waals surface area contributed by atoms with Gasteiger partial charge in [-0.3, -0.25) is 0 Å². The van der Waals surface area contributed by atoms with Gasteiger partial charge in [0.25, 0.3) is 6.71 Å². The fraction of sp³-hybridized carbons (Fsp3) is 0.158. The van der Waals surface area contributed by atoms with E-state index in [1.54, 1.807) is 0 Å². The monoisotopic (exact) mass is 552 g/mol. The van der Waals surface area contributed by atoms with Crippen molar-refractivity contribution >= 4 is 57.2 Å². The van der Waals surface area contributed by atoms with Crippen LogP contribution in [0.5, 0.6) is 0 Å². The van der Waals surface area contributed by atoms with E-state index in [0.717, 1.165) is 33.9 Å². The second kappa shape index (κ2) is 10.2. The van der Waals surface area contributed by atoms with Gasteiger partial charge in [-0.1, -0.05) is 55.7 Å². The van der Waals surface area contributed by atoms with Gasteiger partial charge in [0.05, 0.1) is 23.3 Å². The average molecular weight is 552 g/mol. The molecule has 1 fully saturated rings. The van der Waals surface area contributed by atoms with Crippen molar-refractivity contribution in [2.45, 2.75) is 38.0 Å². The van der Waals surface area contributed by atoms with Crippen molar-refractivity contribution in [1.82, 2.24) is 0 Å². The van der Waals surface area contributed by atoms with Crippen molar-refractivity contribution in [3.05, 3.63) is 126 Å². The molecule has 0 bridgehead atoms. The van der Waals surface area contributed by atoms with Crippen molar-refractivity contribution < 1.29 is 0 Å². The van der Waals surface area contributed by atoms with E-state index in [9.17, 15) is 10.5 Å².